The predicted molar refractivity (Wildman–Crippen MR) is 68.7 cm³/mol. The highest BCUT2D eigenvalue weighted by atomic mass is 15.3. The molecule has 2 saturated heterocycles. The molecular formula is C13H24N4. The number of fused-ring (bicyclic) bond motifs is 1. The van der Waals surface area contributed by atoms with E-state index in [-0.39, 0.29) is 6.04 Å². The first-order chi connectivity index (χ1) is 8.33. The third kappa shape index (κ3) is 3.41. The van der Waals surface area contributed by atoms with E-state index in [9.17, 15) is 0 Å². The smallest absolute Gasteiger partial charge is 0.108 e. The molecule has 2 unspecified atom stereocenters. The van der Waals surface area contributed by atoms with Crippen molar-refractivity contribution in [3.05, 3.63) is 0 Å². The molecule has 96 valence electrons. The molecule has 0 aromatic rings. The lowest BCUT2D eigenvalue weighted by Gasteiger charge is -2.38. The highest BCUT2D eigenvalue weighted by Crippen LogP contribution is 2.21. The van der Waals surface area contributed by atoms with Crippen LogP contribution >= 0.6 is 0 Å². The van der Waals surface area contributed by atoms with E-state index < -0.39 is 0 Å². The van der Waals surface area contributed by atoms with E-state index in [2.05, 4.69) is 28.1 Å². The van der Waals surface area contributed by atoms with Gasteiger partial charge in [0.25, 0.3) is 0 Å². The van der Waals surface area contributed by atoms with E-state index in [1.54, 1.807) is 0 Å². The molecule has 0 aromatic carbocycles. The summed E-state index contributed by atoms with van der Waals surface area (Å²) in [4.78, 5) is 5.07. The quantitative estimate of drug-likeness (QED) is 0.761. The van der Waals surface area contributed by atoms with Gasteiger partial charge in [-0.3, -0.25) is 9.80 Å². The molecule has 2 heterocycles. The number of hydrogen-bond acceptors (Lipinski definition) is 4. The van der Waals surface area contributed by atoms with Crippen LogP contribution in [0.15, 0.2) is 0 Å². The first-order valence-electron chi connectivity index (χ1n) is 6.93. The van der Waals surface area contributed by atoms with Crippen molar-refractivity contribution in [2.75, 3.05) is 39.3 Å². The molecule has 2 aliphatic rings. The van der Waals surface area contributed by atoms with Crippen molar-refractivity contribution in [1.29, 1.82) is 5.26 Å². The Morgan fingerprint density at radius 1 is 1.41 bits per heavy atom. The summed E-state index contributed by atoms with van der Waals surface area (Å²) in [5.41, 5.74) is 0. The molecule has 4 nitrogen and oxygen atoms in total. The standard InChI is InChI=1S/C13H24N4/c1-2-5-15-12(9-14)10-16-7-8-17-6-3-4-13(17)11-16/h12-13,15H,2-8,10-11H2,1H3. The zero-order chi connectivity index (χ0) is 12.1. The minimum Gasteiger partial charge on any atom is -0.301 e. The monoisotopic (exact) mass is 236 g/mol. The molecule has 0 bridgehead atoms. The van der Waals surface area contributed by atoms with Gasteiger partial charge in [0.2, 0.25) is 0 Å². The zero-order valence-corrected chi connectivity index (χ0v) is 10.9. The van der Waals surface area contributed by atoms with E-state index >= 15 is 0 Å². The van der Waals surface area contributed by atoms with Crippen molar-refractivity contribution in [2.45, 2.75) is 38.3 Å². The first-order valence-corrected chi connectivity index (χ1v) is 6.93. The van der Waals surface area contributed by atoms with Crippen molar-refractivity contribution in [3.63, 3.8) is 0 Å². The minimum absolute atomic E-state index is 0.00269. The van der Waals surface area contributed by atoms with Gasteiger partial charge in [-0.2, -0.15) is 5.26 Å². The summed E-state index contributed by atoms with van der Waals surface area (Å²) >= 11 is 0. The van der Waals surface area contributed by atoms with Gasteiger partial charge in [0, 0.05) is 32.2 Å². The molecule has 0 spiro atoms. The molecule has 0 radical (unpaired) electrons. The van der Waals surface area contributed by atoms with Crippen LogP contribution in [0.1, 0.15) is 26.2 Å². The van der Waals surface area contributed by atoms with Crippen LogP contribution < -0.4 is 5.32 Å². The van der Waals surface area contributed by atoms with Crippen LogP contribution in [0, 0.1) is 11.3 Å². The Balaban J connectivity index is 1.76. The largest absolute Gasteiger partial charge is 0.301 e. The van der Waals surface area contributed by atoms with E-state index in [0.29, 0.717) is 0 Å². The molecule has 2 rings (SSSR count). The maximum absolute atomic E-state index is 9.12. The molecule has 0 aliphatic carbocycles. The Hall–Kier alpha value is -0.630. The summed E-state index contributed by atoms with van der Waals surface area (Å²) in [7, 11) is 0. The second-order valence-electron chi connectivity index (χ2n) is 5.23. The third-order valence-corrected chi connectivity index (χ3v) is 3.91. The summed E-state index contributed by atoms with van der Waals surface area (Å²) in [5.74, 6) is 0. The molecule has 17 heavy (non-hydrogen) atoms. The summed E-state index contributed by atoms with van der Waals surface area (Å²) in [6, 6.07) is 3.14. The number of hydrogen-bond donors (Lipinski definition) is 1. The van der Waals surface area contributed by atoms with E-state index in [1.165, 1.54) is 25.9 Å². The van der Waals surface area contributed by atoms with Crippen molar-refractivity contribution in [1.82, 2.24) is 15.1 Å². The number of nitrogens with one attached hydrogen (secondary N) is 1. The molecule has 0 amide bonds. The van der Waals surface area contributed by atoms with Crippen LogP contribution in [0.5, 0.6) is 0 Å². The van der Waals surface area contributed by atoms with Gasteiger partial charge in [-0.05, 0) is 32.4 Å². The Kier molecular flexibility index (Phi) is 4.78. The fraction of sp³-hybridized carbons (Fsp3) is 0.923. The van der Waals surface area contributed by atoms with Crippen molar-refractivity contribution in [3.8, 4) is 6.07 Å². The molecule has 0 aromatic heterocycles. The van der Waals surface area contributed by atoms with Gasteiger partial charge in [0.15, 0.2) is 0 Å². The molecule has 2 aliphatic heterocycles. The maximum Gasteiger partial charge on any atom is 0.108 e. The van der Waals surface area contributed by atoms with Gasteiger partial charge in [-0.1, -0.05) is 6.92 Å². The lowest BCUT2D eigenvalue weighted by atomic mass is 10.1. The fourth-order valence-electron chi connectivity index (χ4n) is 2.95. The SMILES string of the molecule is CCCNC(C#N)CN1CCN2CCCC2C1. The first kappa shape index (κ1) is 12.8. The summed E-state index contributed by atoms with van der Waals surface area (Å²) in [5, 5.41) is 12.4. The molecule has 1 N–H and O–H groups in total. The summed E-state index contributed by atoms with van der Waals surface area (Å²) < 4.78 is 0. The minimum atomic E-state index is 0.00269. The Morgan fingerprint density at radius 3 is 3.06 bits per heavy atom. The lowest BCUT2D eigenvalue weighted by Crippen LogP contribution is -2.53. The second-order valence-corrected chi connectivity index (χ2v) is 5.23. The van der Waals surface area contributed by atoms with Crippen LogP contribution in [-0.2, 0) is 0 Å². The van der Waals surface area contributed by atoms with Gasteiger partial charge in [-0.15, -0.1) is 0 Å². The van der Waals surface area contributed by atoms with Crippen LogP contribution in [0.4, 0.5) is 0 Å². The van der Waals surface area contributed by atoms with Crippen molar-refractivity contribution >= 4 is 0 Å². The van der Waals surface area contributed by atoms with Gasteiger partial charge < -0.3 is 5.32 Å². The summed E-state index contributed by atoms with van der Waals surface area (Å²) in [6.07, 6.45) is 3.79. The van der Waals surface area contributed by atoms with E-state index in [1.807, 2.05) is 0 Å². The third-order valence-electron chi connectivity index (χ3n) is 3.91. The molecule has 4 heteroatoms. The highest BCUT2D eigenvalue weighted by molar-refractivity contribution is 4.95. The molecular weight excluding hydrogens is 212 g/mol. The molecule has 2 fully saturated rings. The number of nitriles is 1. The normalized spacial score (nSPS) is 27.6. The van der Waals surface area contributed by atoms with Crippen LogP contribution in [-0.4, -0.2) is 61.2 Å². The van der Waals surface area contributed by atoms with E-state index in [0.717, 1.165) is 38.6 Å². The lowest BCUT2D eigenvalue weighted by molar-refractivity contribution is 0.101. The predicted octanol–water partition coefficient (Wildman–Crippen LogP) is 0.658. The average Bonchev–Trinajstić information content (AvgIpc) is 2.81. The topological polar surface area (TPSA) is 42.3 Å². The van der Waals surface area contributed by atoms with Crippen LogP contribution in [0.2, 0.25) is 0 Å². The Labute approximate surface area is 105 Å². The number of nitrogens with zero attached hydrogens (tertiary/aromatic N) is 3. The second kappa shape index (κ2) is 6.34. The van der Waals surface area contributed by atoms with Gasteiger partial charge >= 0.3 is 0 Å². The number of rotatable bonds is 5. The van der Waals surface area contributed by atoms with E-state index in [4.69, 9.17) is 5.26 Å². The Bertz CT molecular complexity index is 273. The summed E-state index contributed by atoms with van der Waals surface area (Å²) in [6.45, 7) is 8.74. The highest BCUT2D eigenvalue weighted by Gasteiger charge is 2.31. The Morgan fingerprint density at radius 2 is 2.29 bits per heavy atom. The number of piperazine rings is 1. The van der Waals surface area contributed by atoms with Crippen LogP contribution in [0.3, 0.4) is 0 Å². The van der Waals surface area contributed by atoms with Crippen molar-refractivity contribution in [2.24, 2.45) is 0 Å². The molecule has 0 saturated carbocycles. The maximum atomic E-state index is 9.12. The van der Waals surface area contributed by atoms with Gasteiger partial charge in [0.1, 0.15) is 6.04 Å². The zero-order valence-electron chi connectivity index (χ0n) is 10.9. The van der Waals surface area contributed by atoms with Crippen LogP contribution in [0.25, 0.3) is 0 Å². The molecule has 2 atom stereocenters. The fourth-order valence-corrected chi connectivity index (χ4v) is 2.95. The average molecular weight is 236 g/mol. The van der Waals surface area contributed by atoms with Gasteiger partial charge in [0.05, 0.1) is 6.07 Å². The van der Waals surface area contributed by atoms with Gasteiger partial charge in [-0.25, -0.2) is 0 Å². The van der Waals surface area contributed by atoms with Crippen molar-refractivity contribution < 1.29 is 0 Å².